The number of amides is 2. The highest BCUT2D eigenvalue weighted by atomic mass is 16.2. The van der Waals surface area contributed by atoms with Gasteiger partial charge in [0.05, 0.1) is 25.5 Å². The Kier molecular flexibility index (Phi) is 13.5. The molecule has 54 heavy (non-hydrogen) atoms. The number of rotatable bonds is 14. The predicted octanol–water partition coefficient (Wildman–Crippen LogP) is 1.99. The first-order valence-corrected chi connectivity index (χ1v) is 17.5. The molecule has 0 atom stereocenters. The van der Waals surface area contributed by atoms with Gasteiger partial charge in [0.15, 0.2) is 0 Å². The summed E-state index contributed by atoms with van der Waals surface area (Å²) >= 11 is 0. The molecule has 5 rings (SSSR count). The highest BCUT2D eigenvalue weighted by Gasteiger charge is 2.11. The third kappa shape index (κ3) is 11.7. The lowest BCUT2D eigenvalue weighted by Crippen LogP contribution is -2.23. The summed E-state index contributed by atoms with van der Waals surface area (Å²) in [6, 6.07) is 15.2. The number of carbonyl (C=O) groups excluding carboxylic acids is 2. The second kappa shape index (κ2) is 18.8. The van der Waals surface area contributed by atoms with E-state index in [1.165, 1.54) is 0 Å². The van der Waals surface area contributed by atoms with Crippen molar-refractivity contribution in [2.75, 3.05) is 52.7 Å². The summed E-state index contributed by atoms with van der Waals surface area (Å²) in [7, 11) is 8.11. The number of hydrogen-bond donors (Lipinski definition) is 4. The summed E-state index contributed by atoms with van der Waals surface area (Å²) in [6.07, 6.45) is 5.56. The minimum Gasteiger partial charge on any atom is -0.398 e. The smallest absolute Gasteiger partial charge is 0.251 e. The molecule has 0 fully saturated rings. The molecule has 0 saturated carbocycles. The van der Waals surface area contributed by atoms with Crippen LogP contribution in [0, 0.1) is 23.7 Å². The van der Waals surface area contributed by atoms with Gasteiger partial charge in [0.2, 0.25) is 0 Å². The molecular formula is C39H45N13O2. The molecule has 2 amide bonds. The summed E-state index contributed by atoms with van der Waals surface area (Å²) in [5, 5.41) is 22.3. The topological polar surface area (TPSA) is 191 Å². The maximum Gasteiger partial charge on any atom is 0.251 e. The summed E-state index contributed by atoms with van der Waals surface area (Å²) in [6.45, 7) is 3.87. The maximum atomic E-state index is 12.9. The lowest BCUT2D eigenvalue weighted by Gasteiger charge is -2.08. The van der Waals surface area contributed by atoms with E-state index in [1.54, 1.807) is 64.0 Å². The highest BCUT2D eigenvalue weighted by molar-refractivity contribution is 5.95. The normalized spacial score (nSPS) is 10.8. The van der Waals surface area contributed by atoms with Gasteiger partial charge in [-0.05, 0) is 114 Å². The van der Waals surface area contributed by atoms with Gasteiger partial charge in [-0.15, -0.1) is 10.2 Å². The van der Waals surface area contributed by atoms with Gasteiger partial charge in [0.25, 0.3) is 11.8 Å². The first-order chi connectivity index (χ1) is 26.0. The number of aromatic nitrogens is 7. The second-order valence-corrected chi connectivity index (χ2v) is 13.1. The van der Waals surface area contributed by atoms with Crippen LogP contribution in [0.5, 0.6) is 0 Å². The quantitative estimate of drug-likeness (QED) is 0.0967. The molecule has 3 heterocycles. The van der Waals surface area contributed by atoms with E-state index in [9.17, 15) is 9.59 Å². The number of carbonyl (C=O) groups is 2. The molecule has 278 valence electrons. The van der Waals surface area contributed by atoms with E-state index >= 15 is 0 Å². The Morgan fingerprint density at radius 3 is 1.54 bits per heavy atom. The number of hydrogen-bond acceptors (Lipinski definition) is 11. The summed E-state index contributed by atoms with van der Waals surface area (Å²) in [5.74, 6) is 11.5. The van der Waals surface area contributed by atoms with E-state index in [-0.39, 0.29) is 24.9 Å². The van der Waals surface area contributed by atoms with Crippen molar-refractivity contribution in [3.8, 4) is 23.7 Å². The first kappa shape index (κ1) is 38.7. The molecule has 3 aromatic heterocycles. The fraction of sp³-hybridized carbons (Fsp3) is 0.308. The van der Waals surface area contributed by atoms with Crippen molar-refractivity contribution in [1.29, 1.82) is 0 Å². The van der Waals surface area contributed by atoms with Crippen molar-refractivity contribution >= 4 is 23.2 Å². The Bertz CT molecular complexity index is 2050. The van der Waals surface area contributed by atoms with Crippen molar-refractivity contribution in [2.45, 2.75) is 39.0 Å². The van der Waals surface area contributed by atoms with Gasteiger partial charge in [-0.3, -0.25) is 19.0 Å². The van der Waals surface area contributed by atoms with Crippen molar-refractivity contribution in [3.05, 3.63) is 112 Å². The van der Waals surface area contributed by atoms with E-state index in [2.05, 4.69) is 69.7 Å². The molecule has 0 radical (unpaired) electrons. The standard InChI is InChI=1S/C39H45N13O2/c1-49(2)18-6-20-51-26-34(45-47-51)24-42-38(53)30-12-16-36(40)28(22-30)10-14-32-8-5-9-33(44-32)15-11-29-23-31(13-17-37(29)41)39(54)43-25-35-27-52(48-46-35)21-7-19-50(3)4/h5,8-9,12-13,16-17,22-23,26-27H,6-7,18-21,24-25,40-41H2,1-4H3,(H,42,53)(H,43,54). The van der Waals surface area contributed by atoms with Crippen LogP contribution in [0.4, 0.5) is 11.4 Å². The lowest BCUT2D eigenvalue weighted by molar-refractivity contribution is 0.0942. The molecule has 0 aliphatic carbocycles. The van der Waals surface area contributed by atoms with Gasteiger partial charge in [-0.2, -0.15) is 0 Å². The second-order valence-electron chi connectivity index (χ2n) is 13.1. The van der Waals surface area contributed by atoms with Crippen LogP contribution >= 0.6 is 0 Å². The minimum atomic E-state index is -0.285. The fourth-order valence-corrected chi connectivity index (χ4v) is 5.15. The Hall–Kier alpha value is -6.55. The van der Waals surface area contributed by atoms with Crippen LogP contribution < -0.4 is 22.1 Å². The average molecular weight is 728 g/mol. The van der Waals surface area contributed by atoms with E-state index in [0.717, 1.165) is 39.0 Å². The first-order valence-electron chi connectivity index (χ1n) is 17.5. The number of nitrogen functional groups attached to an aromatic ring is 2. The van der Waals surface area contributed by atoms with Crippen molar-refractivity contribution in [2.24, 2.45) is 0 Å². The van der Waals surface area contributed by atoms with Crippen molar-refractivity contribution in [3.63, 3.8) is 0 Å². The molecular weight excluding hydrogens is 683 g/mol. The SMILES string of the molecule is CN(C)CCCn1cc(CNC(=O)c2ccc(N)c(C#Cc3cccc(C#Cc4cc(C(=O)NCc5cn(CCCN(C)C)nn5)ccc4N)n3)c2)nn1. The molecule has 0 spiro atoms. The van der Waals surface area contributed by atoms with E-state index < -0.39 is 0 Å². The van der Waals surface area contributed by atoms with E-state index in [4.69, 9.17) is 11.5 Å². The molecule has 5 aromatic rings. The number of pyridine rings is 1. The zero-order valence-corrected chi connectivity index (χ0v) is 31.0. The predicted molar refractivity (Wildman–Crippen MR) is 207 cm³/mol. The van der Waals surface area contributed by atoms with Gasteiger partial charge in [0, 0.05) is 46.7 Å². The number of nitrogens with one attached hydrogen (secondary N) is 2. The van der Waals surface area contributed by atoms with Crippen LogP contribution in [0.15, 0.2) is 67.0 Å². The zero-order chi connectivity index (χ0) is 38.5. The molecule has 0 aliphatic rings. The lowest BCUT2D eigenvalue weighted by atomic mass is 10.1. The van der Waals surface area contributed by atoms with Crippen molar-refractivity contribution in [1.82, 2.24) is 55.4 Å². The zero-order valence-electron chi connectivity index (χ0n) is 31.0. The van der Waals surface area contributed by atoms with Gasteiger partial charge in [0.1, 0.15) is 22.8 Å². The third-order valence-electron chi connectivity index (χ3n) is 8.05. The minimum absolute atomic E-state index is 0.238. The highest BCUT2D eigenvalue weighted by Crippen LogP contribution is 2.15. The Morgan fingerprint density at radius 1 is 0.667 bits per heavy atom. The van der Waals surface area contributed by atoms with Crippen LogP contribution in [0.25, 0.3) is 0 Å². The number of nitrogens with zero attached hydrogens (tertiary/aromatic N) is 9. The molecule has 0 aliphatic heterocycles. The molecule has 0 unspecified atom stereocenters. The van der Waals surface area contributed by atoms with Crippen LogP contribution in [0.2, 0.25) is 0 Å². The third-order valence-corrected chi connectivity index (χ3v) is 8.05. The van der Waals surface area contributed by atoms with E-state index in [1.807, 2.05) is 40.6 Å². The van der Waals surface area contributed by atoms with Crippen molar-refractivity contribution < 1.29 is 9.59 Å². The van der Waals surface area contributed by atoms with Crippen LogP contribution in [-0.4, -0.2) is 97.9 Å². The molecule has 0 bridgehead atoms. The summed E-state index contributed by atoms with van der Waals surface area (Å²) in [5.41, 5.74) is 17.3. The van der Waals surface area contributed by atoms with Gasteiger partial charge in [-0.25, -0.2) is 4.98 Å². The maximum absolute atomic E-state index is 12.9. The molecule has 15 heteroatoms. The molecule has 0 saturated heterocycles. The largest absolute Gasteiger partial charge is 0.398 e. The number of anilines is 2. The van der Waals surface area contributed by atoms with Crippen LogP contribution in [-0.2, 0) is 26.2 Å². The number of aryl methyl sites for hydroxylation is 2. The number of benzene rings is 2. The average Bonchev–Trinajstić information content (AvgIpc) is 3.81. The summed E-state index contributed by atoms with van der Waals surface area (Å²) in [4.78, 5) is 34.6. The number of nitrogens with two attached hydrogens (primary N) is 2. The monoisotopic (exact) mass is 727 g/mol. The van der Waals surface area contributed by atoms with Gasteiger partial charge < -0.3 is 31.9 Å². The Labute approximate surface area is 315 Å². The molecule has 15 nitrogen and oxygen atoms in total. The van der Waals surface area contributed by atoms with E-state index in [0.29, 0.717) is 56.4 Å². The van der Waals surface area contributed by atoms with Gasteiger partial charge in [-0.1, -0.05) is 28.3 Å². The summed E-state index contributed by atoms with van der Waals surface area (Å²) < 4.78 is 3.55. The molecule has 6 N–H and O–H groups in total. The molecule has 2 aromatic carbocycles. The van der Waals surface area contributed by atoms with Crippen LogP contribution in [0.3, 0.4) is 0 Å². The van der Waals surface area contributed by atoms with Crippen LogP contribution in [0.1, 0.15) is 67.5 Å². The Morgan fingerprint density at radius 2 is 1.11 bits per heavy atom. The fourth-order valence-electron chi connectivity index (χ4n) is 5.15. The Balaban J connectivity index is 1.18. The van der Waals surface area contributed by atoms with Gasteiger partial charge >= 0.3 is 0 Å².